The molecule has 0 bridgehead atoms. The summed E-state index contributed by atoms with van der Waals surface area (Å²) >= 11 is 6.41. The SMILES string of the molecule is Cn1ccc(=O)cc1-c1cc(Cl)c2cnc(NC(=O)C3CC3C#N)cc2c1. The number of halogens is 1. The monoisotopic (exact) mass is 378 g/mol. The molecule has 6 nitrogen and oxygen atoms in total. The number of amides is 1. The third-order valence-corrected chi connectivity index (χ3v) is 5.06. The molecule has 7 heteroatoms. The lowest BCUT2D eigenvalue weighted by Gasteiger charge is -2.11. The minimum Gasteiger partial charge on any atom is -0.350 e. The number of anilines is 1. The van der Waals surface area contributed by atoms with Crippen LogP contribution in [0.2, 0.25) is 5.02 Å². The van der Waals surface area contributed by atoms with Crippen LogP contribution in [0.25, 0.3) is 22.0 Å². The number of aryl methyl sites for hydroxylation is 1. The molecule has 2 unspecified atom stereocenters. The summed E-state index contributed by atoms with van der Waals surface area (Å²) in [7, 11) is 1.85. The number of carbonyl (C=O) groups is 1. The number of rotatable bonds is 3. The van der Waals surface area contributed by atoms with Crippen LogP contribution in [0.3, 0.4) is 0 Å². The normalized spacial score (nSPS) is 18.1. The Balaban J connectivity index is 1.72. The van der Waals surface area contributed by atoms with Gasteiger partial charge in [0.05, 0.1) is 28.6 Å². The van der Waals surface area contributed by atoms with Crippen molar-refractivity contribution in [3.8, 4) is 17.3 Å². The van der Waals surface area contributed by atoms with Crippen molar-refractivity contribution in [2.24, 2.45) is 18.9 Å². The molecule has 3 aromatic rings. The van der Waals surface area contributed by atoms with Gasteiger partial charge in [-0.1, -0.05) is 11.6 Å². The van der Waals surface area contributed by atoms with Crippen LogP contribution >= 0.6 is 11.6 Å². The quantitative estimate of drug-likeness (QED) is 0.757. The third-order valence-electron chi connectivity index (χ3n) is 4.75. The second-order valence-electron chi connectivity index (χ2n) is 6.67. The lowest BCUT2D eigenvalue weighted by Crippen LogP contribution is -2.15. The van der Waals surface area contributed by atoms with Crippen molar-refractivity contribution in [2.75, 3.05) is 5.32 Å². The minimum atomic E-state index is -0.263. The van der Waals surface area contributed by atoms with Crippen LogP contribution in [0.15, 0.2) is 47.5 Å². The maximum atomic E-state index is 12.2. The number of nitrogens with zero attached hydrogens (tertiary/aromatic N) is 3. The molecule has 1 aromatic carbocycles. The van der Waals surface area contributed by atoms with E-state index in [-0.39, 0.29) is 23.2 Å². The molecular weight excluding hydrogens is 364 g/mol. The van der Waals surface area contributed by atoms with E-state index in [1.807, 2.05) is 17.7 Å². The molecule has 1 fully saturated rings. The van der Waals surface area contributed by atoms with Crippen molar-refractivity contribution >= 4 is 34.1 Å². The van der Waals surface area contributed by atoms with Crippen molar-refractivity contribution in [3.63, 3.8) is 0 Å². The lowest BCUT2D eigenvalue weighted by atomic mass is 10.1. The van der Waals surface area contributed by atoms with Crippen molar-refractivity contribution in [1.82, 2.24) is 9.55 Å². The fourth-order valence-corrected chi connectivity index (χ4v) is 3.39. The average molecular weight is 379 g/mol. The van der Waals surface area contributed by atoms with Gasteiger partial charge in [0, 0.05) is 42.5 Å². The van der Waals surface area contributed by atoms with Crippen LogP contribution in [-0.2, 0) is 11.8 Å². The molecule has 1 amide bonds. The highest BCUT2D eigenvalue weighted by atomic mass is 35.5. The molecule has 1 N–H and O–H groups in total. The predicted octanol–water partition coefficient (Wildman–Crippen LogP) is 3.35. The van der Waals surface area contributed by atoms with E-state index in [0.29, 0.717) is 17.3 Å². The number of nitrogens with one attached hydrogen (secondary N) is 1. The first-order valence-corrected chi connectivity index (χ1v) is 8.81. The number of aromatic nitrogens is 2. The fraction of sp³-hybridized carbons (Fsp3) is 0.200. The average Bonchev–Trinajstić information content (AvgIpc) is 3.43. The Bertz CT molecular complexity index is 1180. The van der Waals surface area contributed by atoms with Crippen LogP contribution in [0.4, 0.5) is 5.82 Å². The summed E-state index contributed by atoms with van der Waals surface area (Å²) in [5.41, 5.74) is 1.45. The first kappa shape index (κ1) is 17.3. The van der Waals surface area contributed by atoms with E-state index in [1.165, 1.54) is 6.07 Å². The maximum absolute atomic E-state index is 12.2. The highest BCUT2D eigenvalue weighted by Crippen LogP contribution is 2.38. The van der Waals surface area contributed by atoms with Gasteiger partial charge in [-0.2, -0.15) is 5.26 Å². The number of hydrogen-bond acceptors (Lipinski definition) is 4. The zero-order chi connectivity index (χ0) is 19.1. The third kappa shape index (κ3) is 3.29. The summed E-state index contributed by atoms with van der Waals surface area (Å²) in [6.07, 6.45) is 3.90. The molecule has 0 spiro atoms. The molecule has 27 heavy (non-hydrogen) atoms. The Morgan fingerprint density at radius 1 is 1.37 bits per heavy atom. The highest BCUT2D eigenvalue weighted by molar-refractivity contribution is 6.36. The molecule has 0 aliphatic heterocycles. The molecule has 2 heterocycles. The van der Waals surface area contributed by atoms with Gasteiger partial charge in [0.25, 0.3) is 0 Å². The van der Waals surface area contributed by atoms with E-state index < -0.39 is 0 Å². The lowest BCUT2D eigenvalue weighted by molar-refractivity contribution is -0.117. The Kier molecular flexibility index (Phi) is 4.17. The second kappa shape index (κ2) is 6.53. The van der Waals surface area contributed by atoms with Gasteiger partial charge in [-0.25, -0.2) is 4.98 Å². The summed E-state index contributed by atoms with van der Waals surface area (Å²) in [4.78, 5) is 28.1. The second-order valence-corrected chi connectivity index (χ2v) is 7.08. The van der Waals surface area contributed by atoms with Gasteiger partial charge in [0.2, 0.25) is 5.91 Å². The van der Waals surface area contributed by atoms with Gasteiger partial charge in [0.1, 0.15) is 5.82 Å². The van der Waals surface area contributed by atoms with Crippen molar-refractivity contribution in [3.05, 3.63) is 58.0 Å². The minimum absolute atomic E-state index is 0.0847. The van der Waals surface area contributed by atoms with Gasteiger partial charge in [-0.05, 0) is 30.0 Å². The molecule has 0 saturated heterocycles. The van der Waals surface area contributed by atoms with Crippen LogP contribution in [0.1, 0.15) is 6.42 Å². The summed E-state index contributed by atoms with van der Waals surface area (Å²) in [5, 5.41) is 13.7. The fourth-order valence-electron chi connectivity index (χ4n) is 3.11. The number of fused-ring (bicyclic) bond motifs is 1. The van der Waals surface area contributed by atoms with E-state index in [1.54, 1.807) is 30.6 Å². The number of benzene rings is 1. The number of hydrogen-bond donors (Lipinski definition) is 1. The van der Waals surface area contributed by atoms with E-state index in [4.69, 9.17) is 16.9 Å². The molecule has 1 aliphatic rings. The summed E-state index contributed by atoms with van der Waals surface area (Å²) in [6.45, 7) is 0. The zero-order valence-corrected chi connectivity index (χ0v) is 15.2. The van der Waals surface area contributed by atoms with Gasteiger partial charge in [-0.3, -0.25) is 9.59 Å². The van der Waals surface area contributed by atoms with E-state index in [9.17, 15) is 9.59 Å². The van der Waals surface area contributed by atoms with Crippen molar-refractivity contribution in [2.45, 2.75) is 6.42 Å². The number of nitriles is 1. The summed E-state index contributed by atoms with van der Waals surface area (Å²) < 4.78 is 1.85. The summed E-state index contributed by atoms with van der Waals surface area (Å²) in [6, 6.07) is 10.6. The zero-order valence-electron chi connectivity index (χ0n) is 14.4. The molecule has 2 atom stereocenters. The molecule has 1 saturated carbocycles. The largest absolute Gasteiger partial charge is 0.350 e. The Labute approximate surface area is 160 Å². The number of carbonyl (C=O) groups excluding carboxylic acids is 1. The maximum Gasteiger partial charge on any atom is 0.230 e. The first-order chi connectivity index (χ1) is 13.0. The Hall–Kier alpha value is -3.17. The standard InChI is InChI=1S/C20H15ClN4O2/c1-25-3-2-14(26)8-18(25)12-4-11-7-19(23-10-16(11)17(21)6-12)24-20(27)15-5-13(15)9-22/h2-4,6-8,10,13,15H,5H2,1H3,(H,23,24,27). The molecular formula is C20H15ClN4O2. The van der Waals surface area contributed by atoms with Gasteiger partial charge < -0.3 is 9.88 Å². The highest BCUT2D eigenvalue weighted by Gasteiger charge is 2.43. The molecule has 2 aromatic heterocycles. The smallest absolute Gasteiger partial charge is 0.230 e. The molecule has 4 rings (SSSR count). The molecule has 1 aliphatic carbocycles. The topological polar surface area (TPSA) is 87.8 Å². The molecule has 0 radical (unpaired) electrons. The Morgan fingerprint density at radius 2 is 2.19 bits per heavy atom. The van der Waals surface area contributed by atoms with E-state index in [0.717, 1.165) is 22.0 Å². The van der Waals surface area contributed by atoms with Gasteiger partial charge in [0.15, 0.2) is 5.43 Å². The van der Waals surface area contributed by atoms with E-state index in [2.05, 4.69) is 16.4 Å². The predicted molar refractivity (Wildman–Crippen MR) is 103 cm³/mol. The van der Waals surface area contributed by atoms with Crippen molar-refractivity contribution < 1.29 is 4.79 Å². The number of pyridine rings is 2. The van der Waals surface area contributed by atoms with Crippen molar-refractivity contribution in [1.29, 1.82) is 5.26 Å². The first-order valence-electron chi connectivity index (χ1n) is 8.43. The van der Waals surface area contributed by atoms with E-state index >= 15 is 0 Å². The van der Waals surface area contributed by atoms with Crippen LogP contribution in [0.5, 0.6) is 0 Å². The van der Waals surface area contributed by atoms with Crippen LogP contribution < -0.4 is 10.7 Å². The van der Waals surface area contributed by atoms with Gasteiger partial charge >= 0.3 is 0 Å². The Morgan fingerprint density at radius 3 is 2.93 bits per heavy atom. The van der Waals surface area contributed by atoms with Gasteiger partial charge in [-0.15, -0.1) is 0 Å². The molecule has 134 valence electrons. The summed E-state index contributed by atoms with van der Waals surface area (Å²) in [5.74, 6) is -0.250. The van der Waals surface area contributed by atoms with Crippen LogP contribution in [0, 0.1) is 23.2 Å². The van der Waals surface area contributed by atoms with Crippen LogP contribution in [-0.4, -0.2) is 15.5 Å².